The van der Waals surface area contributed by atoms with Gasteiger partial charge in [0.2, 0.25) is 0 Å². The first-order valence-corrected chi connectivity index (χ1v) is 13.6. The zero-order valence-electron chi connectivity index (χ0n) is 21.3. The Morgan fingerprint density at radius 3 is 2.44 bits per heavy atom. The Bertz CT molecular complexity index is 1190. The Balaban J connectivity index is 2.34. The summed E-state index contributed by atoms with van der Waals surface area (Å²) in [7, 11) is -3.95. The zero-order valence-corrected chi connectivity index (χ0v) is 22.1. The summed E-state index contributed by atoms with van der Waals surface area (Å²) in [5, 5.41) is 19.8. The van der Waals surface area contributed by atoms with Crippen LogP contribution in [-0.4, -0.2) is 30.6 Å². The summed E-state index contributed by atoms with van der Waals surface area (Å²) < 4.78 is 33.6. The molecule has 0 radical (unpaired) electrons. The highest BCUT2D eigenvalue weighted by Gasteiger charge is 2.33. The Hall–Kier alpha value is -3.38. The summed E-state index contributed by atoms with van der Waals surface area (Å²) in [4.78, 5) is 15.1. The number of allylic oxidation sites excluding steroid dienone is 1. The van der Waals surface area contributed by atoms with E-state index in [2.05, 4.69) is 9.71 Å². The molecule has 2 rings (SSSR count). The van der Waals surface area contributed by atoms with Gasteiger partial charge in [-0.3, -0.25) is 9.52 Å². The van der Waals surface area contributed by atoms with Crippen molar-refractivity contribution in [2.75, 3.05) is 4.72 Å². The standard InChI is InChI=1S/C27H35N3O5S/c1-5-13-27(14-6-2,35-19-31)16-25(32)20(4)24(7-3)22-9-8-10-23(15-22)30-36(33,34)26-12-11-21(17-28)18-29-26/h8-12,15,18-19,24,30,32H,5-7,13-14,16H2,1-4H3/b25-20-. The van der Waals surface area contributed by atoms with Crippen LogP contribution in [0.5, 0.6) is 0 Å². The molecule has 1 aromatic heterocycles. The van der Waals surface area contributed by atoms with E-state index in [-0.39, 0.29) is 28.7 Å². The van der Waals surface area contributed by atoms with Crippen LogP contribution in [-0.2, 0) is 19.6 Å². The van der Waals surface area contributed by atoms with Crippen LogP contribution in [0.1, 0.15) is 83.3 Å². The molecule has 0 saturated carbocycles. The Kier molecular flexibility index (Phi) is 10.5. The van der Waals surface area contributed by atoms with Gasteiger partial charge in [-0.25, -0.2) is 4.98 Å². The molecule has 0 aliphatic carbocycles. The molecular formula is C27H35N3O5S. The summed E-state index contributed by atoms with van der Waals surface area (Å²) in [5.74, 6) is 0.0121. The van der Waals surface area contributed by atoms with Crippen molar-refractivity contribution in [2.45, 2.75) is 82.8 Å². The number of nitriles is 1. The quantitative estimate of drug-likeness (QED) is 0.235. The van der Waals surface area contributed by atoms with Crippen molar-refractivity contribution >= 4 is 22.2 Å². The average Bonchev–Trinajstić information content (AvgIpc) is 2.85. The average molecular weight is 514 g/mol. The summed E-state index contributed by atoms with van der Waals surface area (Å²) in [6, 6.07) is 11.6. The number of carbonyl (C=O) groups excluding carboxylic acids is 1. The summed E-state index contributed by atoms with van der Waals surface area (Å²) >= 11 is 0. The van der Waals surface area contributed by atoms with Crippen molar-refractivity contribution in [3.8, 4) is 6.07 Å². The van der Waals surface area contributed by atoms with E-state index in [4.69, 9.17) is 10.00 Å². The molecule has 2 N–H and O–H groups in total. The molecule has 0 aliphatic heterocycles. The number of rotatable bonds is 14. The van der Waals surface area contributed by atoms with E-state index in [0.29, 0.717) is 31.4 Å². The first-order valence-electron chi connectivity index (χ1n) is 12.1. The van der Waals surface area contributed by atoms with Crippen LogP contribution >= 0.6 is 0 Å². The first kappa shape index (κ1) is 28.9. The van der Waals surface area contributed by atoms with Gasteiger partial charge < -0.3 is 9.84 Å². The molecule has 1 heterocycles. The summed E-state index contributed by atoms with van der Waals surface area (Å²) in [6.07, 6.45) is 5.03. The lowest BCUT2D eigenvalue weighted by molar-refractivity contribution is -0.146. The van der Waals surface area contributed by atoms with Crippen molar-refractivity contribution in [3.05, 3.63) is 65.1 Å². The van der Waals surface area contributed by atoms with Gasteiger partial charge in [-0.1, -0.05) is 45.7 Å². The molecule has 2 aromatic rings. The van der Waals surface area contributed by atoms with Crippen molar-refractivity contribution in [1.82, 2.24) is 4.98 Å². The second-order valence-corrected chi connectivity index (χ2v) is 10.5. The molecule has 36 heavy (non-hydrogen) atoms. The molecule has 8 nitrogen and oxygen atoms in total. The van der Waals surface area contributed by atoms with Crippen LogP contribution in [0.3, 0.4) is 0 Å². The van der Waals surface area contributed by atoms with Crippen LogP contribution in [0.2, 0.25) is 0 Å². The predicted molar refractivity (Wildman–Crippen MR) is 139 cm³/mol. The summed E-state index contributed by atoms with van der Waals surface area (Å²) in [6.45, 7) is 8.34. The largest absolute Gasteiger partial charge is 0.512 e. The minimum Gasteiger partial charge on any atom is -0.512 e. The van der Waals surface area contributed by atoms with Gasteiger partial charge in [0, 0.05) is 24.2 Å². The molecule has 1 aromatic carbocycles. The number of pyridine rings is 1. The lowest BCUT2D eigenvalue weighted by Crippen LogP contribution is -2.33. The van der Waals surface area contributed by atoms with E-state index in [1.807, 2.05) is 39.8 Å². The van der Waals surface area contributed by atoms with E-state index in [1.165, 1.54) is 18.3 Å². The highest BCUT2D eigenvalue weighted by Crippen LogP contribution is 2.36. The van der Waals surface area contributed by atoms with E-state index >= 15 is 0 Å². The van der Waals surface area contributed by atoms with Crippen molar-refractivity contribution < 1.29 is 23.1 Å². The molecule has 0 amide bonds. The fourth-order valence-corrected chi connectivity index (χ4v) is 5.52. The number of sulfonamides is 1. The van der Waals surface area contributed by atoms with Gasteiger partial charge in [0.1, 0.15) is 11.7 Å². The van der Waals surface area contributed by atoms with Gasteiger partial charge in [0.05, 0.1) is 11.3 Å². The molecular weight excluding hydrogens is 478 g/mol. The van der Waals surface area contributed by atoms with Crippen LogP contribution in [0.4, 0.5) is 5.69 Å². The van der Waals surface area contributed by atoms with Crippen molar-refractivity contribution in [1.29, 1.82) is 5.26 Å². The highest BCUT2D eigenvalue weighted by atomic mass is 32.2. The Labute approximate surface area is 214 Å². The highest BCUT2D eigenvalue weighted by molar-refractivity contribution is 7.92. The fraction of sp³-hybridized carbons (Fsp3) is 0.444. The van der Waals surface area contributed by atoms with E-state index in [0.717, 1.165) is 24.0 Å². The third-order valence-electron chi connectivity index (χ3n) is 6.27. The molecule has 0 aliphatic rings. The number of aliphatic hydroxyl groups excluding tert-OH is 1. The number of carbonyl (C=O) groups is 1. The molecule has 194 valence electrons. The smallest absolute Gasteiger partial charge is 0.293 e. The number of aliphatic hydroxyl groups is 1. The number of benzene rings is 1. The number of aromatic nitrogens is 1. The maximum absolute atomic E-state index is 12.8. The molecule has 1 unspecified atom stereocenters. The van der Waals surface area contributed by atoms with Crippen LogP contribution in [0, 0.1) is 11.3 Å². The molecule has 0 spiro atoms. The Morgan fingerprint density at radius 2 is 1.92 bits per heavy atom. The zero-order chi connectivity index (χ0) is 26.8. The van der Waals surface area contributed by atoms with E-state index in [1.54, 1.807) is 18.2 Å². The fourth-order valence-electron chi connectivity index (χ4n) is 4.54. The second kappa shape index (κ2) is 13.1. The van der Waals surface area contributed by atoms with Gasteiger partial charge in [-0.2, -0.15) is 13.7 Å². The number of nitrogens with zero attached hydrogens (tertiary/aromatic N) is 2. The normalized spacial score (nSPS) is 13.3. The minimum atomic E-state index is -3.95. The molecule has 0 saturated heterocycles. The number of nitrogens with one attached hydrogen (secondary N) is 1. The van der Waals surface area contributed by atoms with Gasteiger partial charge in [-0.15, -0.1) is 0 Å². The number of hydrogen-bond donors (Lipinski definition) is 2. The lowest BCUT2D eigenvalue weighted by Gasteiger charge is -2.32. The molecule has 0 fully saturated rings. The Morgan fingerprint density at radius 1 is 1.22 bits per heavy atom. The van der Waals surface area contributed by atoms with Crippen LogP contribution in [0.15, 0.2) is 59.0 Å². The topological polar surface area (TPSA) is 129 Å². The third-order valence-corrected chi connectivity index (χ3v) is 7.56. The molecule has 0 bridgehead atoms. The monoisotopic (exact) mass is 513 g/mol. The van der Waals surface area contributed by atoms with Gasteiger partial charge in [-0.05, 0) is 61.6 Å². The molecule has 1 atom stereocenters. The maximum atomic E-state index is 12.8. The number of anilines is 1. The van der Waals surface area contributed by atoms with Crippen LogP contribution < -0.4 is 4.72 Å². The predicted octanol–water partition coefficient (Wildman–Crippen LogP) is 5.98. The van der Waals surface area contributed by atoms with E-state index < -0.39 is 15.6 Å². The maximum Gasteiger partial charge on any atom is 0.293 e. The number of hydrogen-bond acceptors (Lipinski definition) is 7. The summed E-state index contributed by atoms with van der Waals surface area (Å²) in [5.41, 5.74) is 1.46. The van der Waals surface area contributed by atoms with Crippen molar-refractivity contribution in [2.24, 2.45) is 0 Å². The van der Waals surface area contributed by atoms with Crippen molar-refractivity contribution in [3.63, 3.8) is 0 Å². The SMILES string of the molecule is CCCC(CCC)(C/C(O)=C(\C)C(CC)c1cccc(NS(=O)(=O)c2ccc(C#N)cn2)c1)OC=O. The molecule has 9 heteroatoms. The van der Waals surface area contributed by atoms with Gasteiger partial charge in [0.15, 0.2) is 5.03 Å². The van der Waals surface area contributed by atoms with Gasteiger partial charge >= 0.3 is 0 Å². The van der Waals surface area contributed by atoms with Crippen LogP contribution in [0.25, 0.3) is 0 Å². The minimum absolute atomic E-state index is 0.167. The lowest BCUT2D eigenvalue weighted by atomic mass is 9.83. The second-order valence-electron chi connectivity index (χ2n) is 8.89. The number of ether oxygens (including phenoxy) is 1. The first-order chi connectivity index (χ1) is 17.1. The van der Waals surface area contributed by atoms with E-state index in [9.17, 15) is 18.3 Å². The third kappa shape index (κ3) is 7.31. The van der Waals surface area contributed by atoms with Gasteiger partial charge in [0.25, 0.3) is 16.5 Å².